The molecule has 0 amide bonds. The molecule has 0 atom stereocenters. The molecule has 4 rings (SSSR count). The number of nitrogens with zero attached hydrogens (tertiary/aromatic N) is 4. The summed E-state index contributed by atoms with van der Waals surface area (Å²) in [6, 6.07) is 10.3. The Kier molecular flexibility index (Phi) is 6.06. The molecular weight excluding hydrogens is 432 g/mol. The highest BCUT2D eigenvalue weighted by molar-refractivity contribution is 9.10. The molecule has 0 saturated heterocycles. The summed E-state index contributed by atoms with van der Waals surface area (Å²) < 4.78 is 8.11. The van der Waals surface area contributed by atoms with Crippen LogP contribution in [0.3, 0.4) is 0 Å². The van der Waals surface area contributed by atoms with Crippen molar-refractivity contribution in [3.05, 3.63) is 52.3 Å². The van der Waals surface area contributed by atoms with Gasteiger partial charge in [-0.2, -0.15) is 9.61 Å². The molecule has 1 aromatic carbocycles. The number of fused-ring (bicyclic) bond motifs is 1. The second kappa shape index (κ2) is 8.71. The summed E-state index contributed by atoms with van der Waals surface area (Å²) in [6.45, 7) is 3.72. The van der Waals surface area contributed by atoms with Gasteiger partial charge in [-0.05, 0) is 72.2 Å². The van der Waals surface area contributed by atoms with E-state index in [0.717, 1.165) is 66.2 Å². The van der Waals surface area contributed by atoms with E-state index in [1.54, 1.807) is 13.3 Å². The molecule has 0 radical (unpaired) electrons. The Hall–Kier alpha value is -2.12. The summed E-state index contributed by atoms with van der Waals surface area (Å²) in [6.07, 6.45) is 5.54. The molecule has 154 valence electrons. The van der Waals surface area contributed by atoms with Crippen LogP contribution in [0.25, 0.3) is 5.65 Å². The summed E-state index contributed by atoms with van der Waals surface area (Å²) in [5.74, 6) is 2.46. The van der Waals surface area contributed by atoms with E-state index in [-0.39, 0.29) is 6.10 Å². The Labute approximate surface area is 179 Å². The number of benzene rings is 1. The minimum atomic E-state index is -0.141. The third-order valence-corrected chi connectivity index (χ3v) is 6.25. The van der Waals surface area contributed by atoms with Crippen molar-refractivity contribution < 1.29 is 9.84 Å². The average Bonchev–Trinajstić information content (AvgIpc) is 3.10. The van der Waals surface area contributed by atoms with E-state index in [1.165, 1.54) is 5.56 Å². The molecule has 1 aliphatic rings. The smallest absolute Gasteiger partial charge is 0.171 e. The van der Waals surface area contributed by atoms with Crippen LogP contribution in [0, 0.1) is 12.8 Å². The lowest BCUT2D eigenvalue weighted by Crippen LogP contribution is -2.33. The number of ether oxygens (including phenoxy) is 1. The third kappa shape index (κ3) is 4.56. The van der Waals surface area contributed by atoms with Gasteiger partial charge in [0.25, 0.3) is 0 Å². The Morgan fingerprint density at radius 1 is 1.21 bits per heavy atom. The summed E-state index contributed by atoms with van der Waals surface area (Å²) in [4.78, 5) is 7.04. The quantitative estimate of drug-likeness (QED) is 0.594. The Morgan fingerprint density at radius 3 is 2.62 bits per heavy atom. The number of hydrogen-bond donors (Lipinski definition) is 1. The second-order valence-corrected chi connectivity index (χ2v) is 8.74. The standard InChI is InChI=1S/C22H27BrN4O2/c1-15-11-21(27-22(25-15)20(23)12-24-27)26(13-16-3-7-18(28)8-4-16)14-17-5-9-19(29-2)10-6-17/h5-6,9-12,16,18,28H,3-4,7-8,13-14H2,1-2H3. The van der Waals surface area contributed by atoms with Gasteiger partial charge in [-0.15, -0.1) is 0 Å². The molecule has 7 heteroatoms. The SMILES string of the molecule is COc1ccc(CN(CC2CCC(O)CC2)c2cc(C)nc3c(Br)cnn23)cc1. The number of aromatic nitrogens is 3. The van der Waals surface area contributed by atoms with E-state index in [1.807, 2.05) is 23.6 Å². The van der Waals surface area contributed by atoms with Crippen molar-refractivity contribution in [3.8, 4) is 5.75 Å². The topological polar surface area (TPSA) is 62.9 Å². The maximum absolute atomic E-state index is 9.89. The molecule has 1 saturated carbocycles. The van der Waals surface area contributed by atoms with Gasteiger partial charge in [-0.1, -0.05) is 12.1 Å². The fourth-order valence-corrected chi connectivity index (χ4v) is 4.44. The van der Waals surface area contributed by atoms with Crippen LogP contribution < -0.4 is 9.64 Å². The highest BCUT2D eigenvalue weighted by Crippen LogP contribution is 2.29. The highest BCUT2D eigenvalue weighted by atomic mass is 79.9. The highest BCUT2D eigenvalue weighted by Gasteiger charge is 2.24. The Morgan fingerprint density at radius 2 is 1.93 bits per heavy atom. The molecule has 6 nitrogen and oxygen atoms in total. The fraction of sp³-hybridized carbons (Fsp3) is 0.455. The molecule has 0 bridgehead atoms. The van der Waals surface area contributed by atoms with Crippen LogP contribution >= 0.6 is 15.9 Å². The fourth-order valence-electron chi connectivity index (χ4n) is 4.09. The van der Waals surface area contributed by atoms with Crippen LogP contribution in [0.5, 0.6) is 5.75 Å². The Bertz CT molecular complexity index is 965. The normalized spacial score (nSPS) is 19.4. The number of rotatable bonds is 6. The summed E-state index contributed by atoms with van der Waals surface area (Å²) in [5, 5.41) is 14.5. The first kappa shape index (κ1) is 20.2. The van der Waals surface area contributed by atoms with Crippen LogP contribution in [0.1, 0.15) is 36.9 Å². The van der Waals surface area contributed by atoms with Crippen LogP contribution in [-0.4, -0.2) is 39.5 Å². The molecular formula is C22H27BrN4O2. The lowest BCUT2D eigenvalue weighted by atomic mass is 9.87. The molecule has 0 unspecified atom stereocenters. The first-order valence-corrected chi connectivity index (χ1v) is 10.9. The van der Waals surface area contributed by atoms with Crippen LogP contribution in [0.15, 0.2) is 41.0 Å². The maximum Gasteiger partial charge on any atom is 0.171 e. The molecule has 1 fully saturated rings. The number of hydrogen-bond acceptors (Lipinski definition) is 5. The van der Waals surface area contributed by atoms with Crippen molar-refractivity contribution in [1.29, 1.82) is 0 Å². The molecule has 1 aliphatic carbocycles. The zero-order valence-electron chi connectivity index (χ0n) is 16.9. The van der Waals surface area contributed by atoms with E-state index < -0.39 is 0 Å². The average molecular weight is 459 g/mol. The van der Waals surface area contributed by atoms with Gasteiger partial charge < -0.3 is 14.7 Å². The zero-order valence-corrected chi connectivity index (χ0v) is 18.5. The Balaban J connectivity index is 1.67. The number of aliphatic hydroxyl groups excluding tert-OH is 1. The van der Waals surface area contributed by atoms with Crippen molar-refractivity contribution in [3.63, 3.8) is 0 Å². The van der Waals surface area contributed by atoms with Crippen LogP contribution in [0.2, 0.25) is 0 Å². The van der Waals surface area contributed by atoms with Crippen molar-refractivity contribution in [2.75, 3.05) is 18.6 Å². The molecule has 3 aromatic rings. The van der Waals surface area contributed by atoms with Crippen LogP contribution in [-0.2, 0) is 6.54 Å². The van der Waals surface area contributed by atoms with Gasteiger partial charge in [-0.3, -0.25) is 0 Å². The summed E-state index contributed by atoms with van der Waals surface area (Å²) >= 11 is 3.57. The predicted octanol–water partition coefficient (Wildman–Crippen LogP) is 4.37. The number of methoxy groups -OCH3 is 1. The number of aliphatic hydroxyl groups is 1. The van der Waals surface area contributed by atoms with Gasteiger partial charge in [0.2, 0.25) is 0 Å². The largest absolute Gasteiger partial charge is 0.497 e. The van der Waals surface area contributed by atoms with Gasteiger partial charge >= 0.3 is 0 Å². The van der Waals surface area contributed by atoms with E-state index in [4.69, 9.17) is 4.74 Å². The van der Waals surface area contributed by atoms with Gasteiger partial charge in [-0.25, -0.2) is 4.98 Å². The van der Waals surface area contributed by atoms with Crippen molar-refractivity contribution in [2.24, 2.45) is 5.92 Å². The summed E-state index contributed by atoms with van der Waals surface area (Å²) in [5.41, 5.74) is 3.02. The van der Waals surface area contributed by atoms with E-state index in [2.05, 4.69) is 49.1 Å². The van der Waals surface area contributed by atoms with Crippen molar-refractivity contribution in [1.82, 2.24) is 14.6 Å². The molecule has 0 aliphatic heterocycles. The molecule has 0 spiro atoms. The van der Waals surface area contributed by atoms with Crippen LogP contribution in [0.4, 0.5) is 5.82 Å². The van der Waals surface area contributed by atoms with Gasteiger partial charge in [0.1, 0.15) is 11.6 Å². The number of halogens is 1. The monoisotopic (exact) mass is 458 g/mol. The lowest BCUT2D eigenvalue weighted by molar-refractivity contribution is 0.110. The lowest BCUT2D eigenvalue weighted by Gasteiger charge is -2.33. The minimum absolute atomic E-state index is 0.141. The van der Waals surface area contributed by atoms with E-state index in [0.29, 0.717) is 5.92 Å². The molecule has 1 N–H and O–H groups in total. The van der Waals surface area contributed by atoms with Gasteiger partial charge in [0.05, 0.1) is 23.9 Å². The maximum atomic E-state index is 9.89. The molecule has 2 aromatic heterocycles. The molecule has 29 heavy (non-hydrogen) atoms. The number of aryl methyl sites for hydroxylation is 1. The minimum Gasteiger partial charge on any atom is -0.497 e. The first-order valence-electron chi connectivity index (χ1n) is 10.1. The zero-order chi connectivity index (χ0) is 20.4. The van der Waals surface area contributed by atoms with E-state index in [9.17, 15) is 5.11 Å². The van der Waals surface area contributed by atoms with Gasteiger partial charge in [0.15, 0.2) is 5.65 Å². The summed E-state index contributed by atoms with van der Waals surface area (Å²) in [7, 11) is 1.69. The number of anilines is 1. The second-order valence-electron chi connectivity index (χ2n) is 7.89. The van der Waals surface area contributed by atoms with E-state index >= 15 is 0 Å². The third-order valence-electron chi connectivity index (χ3n) is 5.69. The van der Waals surface area contributed by atoms with Crippen molar-refractivity contribution >= 4 is 27.4 Å². The van der Waals surface area contributed by atoms with Gasteiger partial charge in [0, 0.05) is 24.8 Å². The van der Waals surface area contributed by atoms with Crippen molar-refractivity contribution in [2.45, 2.75) is 45.3 Å². The first-order chi connectivity index (χ1) is 14.0. The predicted molar refractivity (Wildman–Crippen MR) is 117 cm³/mol. The molecule has 2 heterocycles.